The highest BCUT2D eigenvalue weighted by atomic mass is 16.6. The van der Waals surface area contributed by atoms with Gasteiger partial charge in [-0.05, 0) is 37.6 Å². The first-order chi connectivity index (χ1) is 8.45. The largest absolute Gasteiger partial charge is 0.482 e. The molecule has 0 spiro atoms. The first-order valence-electron chi connectivity index (χ1n) is 5.65. The summed E-state index contributed by atoms with van der Waals surface area (Å²) < 4.78 is 5.52. The molecule has 5 heteroatoms. The Balaban J connectivity index is 2.93. The van der Waals surface area contributed by atoms with E-state index in [9.17, 15) is 10.1 Å². The highest BCUT2D eigenvalue weighted by Gasteiger charge is 2.18. The van der Waals surface area contributed by atoms with Crippen molar-refractivity contribution in [3.63, 3.8) is 0 Å². The molecular weight excluding hydrogens is 232 g/mol. The Bertz CT molecular complexity index is 470. The minimum Gasteiger partial charge on any atom is -0.482 e. The normalized spacial score (nSPS) is 10.2. The molecule has 0 atom stereocenters. The van der Waals surface area contributed by atoms with Crippen molar-refractivity contribution in [2.24, 2.45) is 0 Å². The molecule has 18 heavy (non-hydrogen) atoms. The van der Waals surface area contributed by atoms with E-state index < -0.39 is 4.92 Å². The van der Waals surface area contributed by atoms with Crippen molar-refractivity contribution in [1.29, 1.82) is 0 Å². The van der Waals surface area contributed by atoms with Crippen molar-refractivity contribution in [2.75, 3.05) is 20.2 Å². The number of hydrogen-bond acceptors (Lipinski definition) is 4. The lowest BCUT2D eigenvalue weighted by Gasteiger charge is -2.11. The monoisotopic (exact) mass is 250 g/mol. The van der Waals surface area contributed by atoms with Crippen LogP contribution in [0.15, 0.2) is 24.3 Å². The van der Waals surface area contributed by atoms with Gasteiger partial charge in [-0.25, -0.2) is 0 Å². The summed E-state index contributed by atoms with van der Waals surface area (Å²) in [5.74, 6) is 0.322. The van der Waals surface area contributed by atoms with Crippen LogP contribution in [0.1, 0.15) is 11.1 Å². The van der Waals surface area contributed by atoms with Crippen LogP contribution in [0.4, 0.5) is 5.69 Å². The number of likely N-dealkylation sites (N-methyl/N-ethyl adjacent to an activating group) is 1. The van der Waals surface area contributed by atoms with Crippen molar-refractivity contribution in [2.45, 2.75) is 13.8 Å². The molecule has 0 aromatic heterocycles. The number of nitro benzene ring substituents is 1. The number of rotatable bonds is 6. The maximum atomic E-state index is 11.0. The number of nitrogens with zero attached hydrogens (tertiary/aromatic N) is 1. The smallest absolute Gasteiger partial charge is 0.311 e. The summed E-state index contributed by atoms with van der Waals surface area (Å²) in [6.07, 6.45) is 0. The zero-order chi connectivity index (χ0) is 13.7. The van der Waals surface area contributed by atoms with Gasteiger partial charge in [-0.2, -0.15) is 0 Å². The molecule has 1 rings (SSSR count). The second kappa shape index (κ2) is 6.16. The minimum atomic E-state index is -0.420. The first-order valence-corrected chi connectivity index (χ1v) is 5.65. The SMILES string of the molecule is C=C(CNC)COc1c(C)cc(C)cc1[N+](=O)[O-]. The van der Waals surface area contributed by atoms with Gasteiger partial charge in [0.1, 0.15) is 6.61 Å². The van der Waals surface area contributed by atoms with E-state index in [4.69, 9.17) is 4.74 Å². The second-order valence-electron chi connectivity index (χ2n) is 4.26. The summed E-state index contributed by atoms with van der Waals surface area (Å²) in [7, 11) is 1.81. The average molecular weight is 250 g/mol. The Morgan fingerprint density at radius 2 is 2.17 bits per heavy atom. The van der Waals surface area contributed by atoms with E-state index in [0.29, 0.717) is 12.3 Å². The van der Waals surface area contributed by atoms with Crippen molar-refractivity contribution < 1.29 is 9.66 Å². The number of aryl methyl sites for hydroxylation is 2. The van der Waals surface area contributed by atoms with Crippen molar-refractivity contribution in [1.82, 2.24) is 5.32 Å². The molecule has 0 aliphatic rings. The van der Waals surface area contributed by atoms with Gasteiger partial charge in [-0.15, -0.1) is 0 Å². The molecule has 0 saturated heterocycles. The van der Waals surface area contributed by atoms with Crippen LogP contribution in [0.25, 0.3) is 0 Å². The highest BCUT2D eigenvalue weighted by molar-refractivity contribution is 5.53. The maximum Gasteiger partial charge on any atom is 0.311 e. The molecule has 0 unspecified atom stereocenters. The molecule has 0 bridgehead atoms. The Morgan fingerprint density at radius 3 is 2.72 bits per heavy atom. The predicted molar refractivity (Wildman–Crippen MR) is 71.1 cm³/mol. The van der Waals surface area contributed by atoms with Gasteiger partial charge in [-0.3, -0.25) is 10.1 Å². The third-order valence-corrected chi connectivity index (χ3v) is 2.44. The summed E-state index contributed by atoms with van der Waals surface area (Å²) in [5, 5.41) is 13.9. The molecule has 1 N–H and O–H groups in total. The fraction of sp³-hybridized carbons (Fsp3) is 0.385. The first kappa shape index (κ1) is 14.2. The molecular formula is C13H18N2O3. The van der Waals surface area contributed by atoms with Crippen LogP contribution in [-0.4, -0.2) is 25.1 Å². The third-order valence-electron chi connectivity index (χ3n) is 2.44. The van der Waals surface area contributed by atoms with Gasteiger partial charge in [0, 0.05) is 12.6 Å². The van der Waals surface area contributed by atoms with Crippen molar-refractivity contribution >= 4 is 5.69 Å². The zero-order valence-corrected chi connectivity index (χ0v) is 10.9. The molecule has 0 radical (unpaired) electrons. The van der Waals surface area contributed by atoms with Crippen LogP contribution in [0.2, 0.25) is 0 Å². The molecule has 0 saturated carbocycles. The van der Waals surface area contributed by atoms with Crippen LogP contribution >= 0.6 is 0 Å². The summed E-state index contributed by atoms with van der Waals surface area (Å²) in [6.45, 7) is 8.34. The van der Waals surface area contributed by atoms with Gasteiger partial charge in [-0.1, -0.05) is 12.6 Å². The fourth-order valence-corrected chi connectivity index (χ4v) is 1.73. The van der Waals surface area contributed by atoms with Crippen LogP contribution in [-0.2, 0) is 0 Å². The summed E-state index contributed by atoms with van der Waals surface area (Å²) in [6, 6.07) is 3.38. The van der Waals surface area contributed by atoms with Gasteiger partial charge >= 0.3 is 5.69 Å². The highest BCUT2D eigenvalue weighted by Crippen LogP contribution is 2.32. The lowest BCUT2D eigenvalue weighted by atomic mass is 10.1. The van der Waals surface area contributed by atoms with E-state index >= 15 is 0 Å². The quantitative estimate of drug-likeness (QED) is 0.478. The molecule has 98 valence electrons. The number of ether oxygens (including phenoxy) is 1. The molecule has 1 aromatic rings. The topological polar surface area (TPSA) is 64.4 Å². The Morgan fingerprint density at radius 1 is 1.50 bits per heavy atom. The lowest BCUT2D eigenvalue weighted by molar-refractivity contribution is -0.385. The second-order valence-corrected chi connectivity index (χ2v) is 4.26. The minimum absolute atomic E-state index is 0.00441. The fourth-order valence-electron chi connectivity index (χ4n) is 1.73. The molecule has 0 fully saturated rings. The van der Waals surface area contributed by atoms with Crippen LogP contribution < -0.4 is 10.1 Å². The standard InChI is InChI=1S/C13H18N2O3/c1-9-5-11(3)13(12(6-9)15(16)17)18-8-10(2)7-14-4/h5-6,14H,2,7-8H2,1,3-4H3. The Labute approximate surface area is 107 Å². The Kier molecular flexibility index (Phi) is 4.85. The molecule has 0 amide bonds. The van der Waals surface area contributed by atoms with Gasteiger partial charge in [0.05, 0.1) is 4.92 Å². The van der Waals surface area contributed by atoms with Crippen LogP contribution in [0.5, 0.6) is 5.75 Å². The van der Waals surface area contributed by atoms with Gasteiger partial charge in [0.25, 0.3) is 0 Å². The predicted octanol–water partition coefficient (Wildman–Crippen LogP) is 2.37. The zero-order valence-electron chi connectivity index (χ0n) is 10.9. The van der Waals surface area contributed by atoms with Gasteiger partial charge in [0.2, 0.25) is 0 Å². The summed E-state index contributed by atoms with van der Waals surface area (Å²) in [4.78, 5) is 10.6. The number of nitrogens with one attached hydrogen (secondary N) is 1. The van der Waals surface area contributed by atoms with E-state index in [2.05, 4.69) is 11.9 Å². The van der Waals surface area contributed by atoms with E-state index in [1.165, 1.54) is 6.07 Å². The number of hydrogen-bond donors (Lipinski definition) is 1. The van der Waals surface area contributed by atoms with Crippen LogP contribution in [0.3, 0.4) is 0 Å². The summed E-state index contributed by atoms with van der Waals surface area (Å²) in [5.41, 5.74) is 2.45. The molecule has 0 aliphatic heterocycles. The molecule has 0 aliphatic carbocycles. The maximum absolute atomic E-state index is 11.0. The van der Waals surface area contributed by atoms with Crippen LogP contribution in [0, 0.1) is 24.0 Å². The number of nitro groups is 1. The average Bonchev–Trinajstić information content (AvgIpc) is 2.27. The number of benzene rings is 1. The Hall–Kier alpha value is -1.88. The van der Waals surface area contributed by atoms with E-state index in [-0.39, 0.29) is 12.3 Å². The van der Waals surface area contributed by atoms with Crippen molar-refractivity contribution in [3.8, 4) is 5.75 Å². The lowest BCUT2D eigenvalue weighted by Crippen LogP contribution is -2.15. The third kappa shape index (κ3) is 3.56. The molecule has 5 nitrogen and oxygen atoms in total. The van der Waals surface area contributed by atoms with Gasteiger partial charge in [0.15, 0.2) is 5.75 Å². The molecule has 1 aromatic carbocycles. The summed E-state index contributed by atoms with van der Waals surface area (Å²) >= 11 is 0. The molecule has 0 heterocycles. The van der Waals surface area contributed by atoms with Crippen molar-refractivity contribution in [3.05, 3.63) is 45.5 Å². The van der Waals surface area contributed by atoms with Gasteiger partial charge < -0.3 is 10.1 Å². The van der Waals surface area contributed by atoms with E-state index in [1.54, 1.807) is 6.92 Å². The van der Waals surface area contributed by atoms with E-state index in [1.807, 2.05) is 20.0 Å². The van der Waals surface area contributed by atoms with E-state index in [0.717, 1.165) is 16.7 Å².